The van der Waals surface area contributed by atoms with E-state index >= 15 is 0 Å². The van der Waals surface area contributed by atoms with Gasteiger partial charge in [0.25, 0.3) is 0 Å². The summed E-state index contributed by atoms with van der Waals surface area (Å²) in [5.74, 6) is 0.132. The Morgan fingerprint density at radius 3 is 2.65 bits per heavy atom. The number of carbonyl (C=O) groups is 1. The van der Waals surface area contributed by atoms with Crippen LogP contribution in [0.1, 0.15) is 38.2 Å². The number of rotatable bonds is 6. The van der Waals surface area contributed by atoms with E-state index in [2.05, 4.69) is 0 Å². The van der Waals surface area contributed by atoms with Crippen molar-refractivity contribution in [3.8, 4) is 0 Å². The van der Waals surface area contributed by atoms with Crippen LogP contribution in [0.2, 0.25) is 10.0 Å². The summed E-state index contributed by atoms with van der Waals surface area (Å²) in [6, 6.07) is 5.81. The molecule has 1 aliphatic rings. The summed E-state index contributed by atoms with van der Waals surface area (Å²) in [7, 11) is 0. The fourth-order valence-electron chi connectivity index (χ4n) is 2.13. The molecule has 1 aromatic rings. The number of benzene rings is 1. The van der Waals surface area contributed by atoms with Gasteiger partial charge in [0.15, 0.2) is 0 Å². The van der Waals surface area contributed by atoms with Gasteiger partial charge < -0.3 is 10.6 Å². The zero-order valence-electron chi connectivity index (χ0n) is 11.6. The number of hydrogen-bond acceptors (Lipinski definition) is 2. The van der Waals surface area contributed by atoms with E-state index in [0.29, 0.717) is 29.1 Å². The van der Waals surface area contributed by atoms with Gasteiger partial charge in [-0.25, -0.2) is 0 Å². The van der Waals surface area contributed by atoms with Crippen LogP contribution >= 0.6 is 23.2 Å². The molecular formula is C15H20Cl2N2O. The zero-order valence-corrected chi connectivity index (χ0v) is 13.1. The van der Waals surface area contributed by atoms with Gasteiger partial charge >= 0.3 is 0 Å². The molecule has 3 nitrogen and oxygen atoms in total. The largest absolute Gasteiger partial charge is 0.335 e. The Balaban J connectivity index is 2.05. The van der Waals surface area contributed by atoms with Crippen LogP contribution in [-0.4, -0.2) is 22.9 Å². The van der Waals surface area contributed by atoms with E-state index < -0.39 is 0 Å². The van der Waals surface area contributed by atoms with E-state index in [9.17, 15) is 4.79 Å². The van der Waals surface area contributed by atoms with Crippen LogP contribution in [0.15, 0.2) is 18.2 Å². The van der Waals surface area contributed by atoms with E-state index in [1.807, 2.05) is 24.0 Å². The second kappa shape index (κ2) is 6.79. The van der Waals surface area contributed by atoms with Gasteiger partial charge in [0, 0.05) is 25.0 Å². The van der Waals surface area contributed by atoms with Crippen LogP contribution in [-0.2, 0) is 11.3 Å². The molecule has 0 radical (unpaired) electrons. The first-order valence-corrected chi connectivity index (χ1v) is 7.75. The summed E-state index contributed by atoms with van der Waals surface area (Å²) in [5, 5.41) is 1.06. The normalized spacial score (nSPS) is 16.0. The highest BCUT2D eigenvalue weighted by Gasteiger charge is 2.32. The molecule has 0 aliphatic heterocycles. The molecule has 5 heteroatoms. The fourth-order valence-corrected chi connectivity index (χ4v) is 2.45. The number of nitrogens with two attached hydrogens (primary N) is 1. The van der Waals surface area contributed by atoms with Crippen LogP contribution in [0.5, 0.6) is 0 Å². The molecule has 2 rings (SSSR count). The van der Waals surface area contributed by atoms with Gasteiger partial charge in [-0.1, -0.05) is 36.2 Å². The summed E-state index contributed by atoms with van der Waals surface area (Å²) >= 11 is 11.9. The lowest BCUT2D eigenvalue weighted by atomic mass is 10.1. The molecule has 0 heterocycles. The highest BCUT2D eigenvalue weighted by molar-refractivity contribution is 6.42. The molecule has 2 N–H and O–H groups in total. The lowest BCUT2D eigenvalue weighted by molar-refractivity contribution is -0.132. The molecule has 1 aromatic carbocycles. The molecule has 20 heavy (non-hydrogen) atoms. The Hall–Kier alpha value is -0.770. The molecule has 1 fully saturated rings. The molecule has 0 bridgehead atoms. The summed E-state index contributed by atoms with van der Waals surface area (Å²) in [6.45, 7) is 2.58. The molecule has 1 saturated carbocycles. The van der Waals surface area contributed by atoms with Crippen molar-refractivity contribution in [1.29, 1.82) is 0 Å². The third-order valence-corrected chi connectivity index (χ3v) is 4.35. The molecular weight excluding hydrogens is 295 g/mol. The SMILES string of the molecule is CCC(N)CC(=O)N(Cc1ccc(Cl)c(Cl)c1)C1CC1. The van der Waals surface area contributed by atoms with Crippen LogP contribution in [0.25, 0.3) is 0 Å². The van der Waals surface area contributed by atoms with Crippen molar-refractivity contribution < 1.29 is 4.79 Å². The average molecular weight is 315 g/mol. The average Bonchev–Trinajstić information content (AvgIpc) is 3.24. The Morgan fingerprint density at radius 1 is 1.40 bits per heavy atom. The first kappa shape index (κ1) is 15.6. The number of amides is 1. The van der Waals surface area contributed by atoms with Gasteiger partial charge in [-0.3, -0.25) is 4.79 Å². The molecule has 1 aliphatic carbocycles. The van der Waals surface area contributed by atoms with Gasteiger partial charge in [0.2, 0.25) is 5.91 Å². The molecule has 110 valence electrons. The molecule has 1 atom stereocenters. The molecule has 1 amide bonds. The van der Waals surface area contributed by atoms with E-state index in [4.69, 9.17) is 28.9 Å². The minimum atomic E-state index is -0.0578. The van der Waals surface area contributed by atoms with Crippen molar-refractivity contribution in [3.63, 3.8) is 0 Å². The van der Waals surface area contributed by atoms with E-state index in [0.717, 1.165) is 24.8 Å². The Bertz CT molecular complexity index is 489. The van der Waals surface area contributed by atoms with Crippen molar-refractivity contribution in [2.75, 3.05) is 0 Å². The summed E-state index contributed by atoms with van der Waals surface area (Å²) in [4.78, 5) is 14.3. The highest BCUT2D eigenvalue weighted by Crippen LogP contribution is 2.30. The molecule has 0 aromatic heterocycles. The van der Waals surface area contributed by atoms with Crippen molar-refractivity contribution in [2.24, 2.45) is 5.73 Å². The Kier molecular flexibility index (Phi) is 5.30. The van der Waals surface area contributed by atoms with Gasteiger partial charge in [0.05, 0.1) is 10.0 Å². The number of carbonyl (C=O) groups excluding carboxylic acids is 1. The third-order valence-electron chi connectivity index (χ3n) is 3.61. The van der Waals surface area contributed by atoms with Crippen molar-refractivity contribution in [3.05, 3.63) is 33.8 Å². The van der Waals surface area contributed by atoms with Crippen LogP contribution in [0.3, 0.4) is 0 Å². The Labute approximate surface area is 130 Å². The monoisotopic (exact) mass is 314 g/mol. The maximum Gasteiger partial charge on any atom is 0.224 e. The maximum absolute atomic E-state index is 12.3. The van der Waals surface area contributed by atoms with Crippen molar-refractivity contribution in [1.82, 2.24) is 4.90 Å². The second-order valence-corrected chi connectivity index (χ2v) is 6.19. The van der Waals surface area contributed by atoms with Gasteiger partial charge in [0.1, 0.15) is 0 Å². The molecule has 0 spiro atoms. The second-order valence-electron chi connectivity index (χ2n) is 5.37. The predicted octanol–water partition coefficient (Wildman–Crippen LogP) is 3.61. The number of halogens is 2. The first-order chi connectivity index (χ1) is 9.51. The minimum absolute atomic E-state index is 0.0578. The van der Waals surface area contributed by atoms with Crippen LogP contribution < -0.4 is 5.73 Å². The van der Waals surface area contributed by atoms with Crippen molar-refractivity contribution in [2.45, 2.75) is 51.2 Å². The van der Waals surface area contributed by atoms with Crippen LogP contribution in [0.4, 0.5) is 0 Å². The fraction of sp³-hybridized carbons (Fsp3) is 0.533. The predicted molar refractivity (Wildman–Crippen MR) is 82.9 cm³/mol. The smallest absolute Gasteiger partial charge is 0.224 e. The lowest BCUT2D eigenvalue weighted by Gasteiger charge is -2.24. The summed E-state index contributed by atoms with van der Waals surface area (Å²) in [6.07, 6.45) is 3.38. The first-order valence-electron chi connectivity index (χ1n) is 7.00. The lowest BCUT2D eigenvalue weighted by Crippen LogP contribution is -2.36. The third kappa shape index (κ3) is 4.11. The van der Waals surface area contributed by atoms with Crippen molar-refractivity contribution >= 4 is 29.1 Å². The zero-order chi connectivity index (χ0) is 14.7. The number of hydrogen-bond donors (Lipinski definition) is 1. The summed E-state index contributed by atoms with van der Waals surface area (Å²) < 4.78 is 0. The maximum atomic E-state index is 12.3. The van der Waals surface area contributed by atoms with E-state index in [1.165, 1.54) is 0 Å². The summed E-state index contributed by atoms with van der Waals surface area (Å²) in [5.41, 5.74) is 6.89. The minimum Gasteiger partial charge on any atom is -0.335 e. The van der Waals surface area contributed by atoms with Gasteiger partial charge in [-0.15, -0.1) is 0 Å². The van der Waals surface area contributed by atoms with Crippen LogP contribution in [0, 0.1) is 0 Å². The van der Waals surface area contributed by atoms with E-state index in [-0.39, 0.29) is 11.9 Å². The Morgan fingerprint density at radius 2 is 2.10 bits per heavy atom. The topological polar surface area (TPSA) is 46.3 Å². The quantitative estimate of drug-likeness (QED) is 0.871. The van der Waals surface area contributed by atoms with Gasteiger partial charge in [-0.05, 0) is 37.0 Å². The highest BCUT2D eigenvalue weighted by atomic mass is 35.5. The van der Waals surface area contributed by atoms with Gasteiger partial charge in [-0.2, -0.15) is 0 Å². The van der Waals surface area contributed by atoms with E-state index in [1.54, 1.807) is 6.07 Å². The standard InChI is InChI=1S/C15H20Cl2N2O/c1-2-11(18)8-15(20)19(12-4-5-12)9-10-3-6-13(16)14(17)7-10/h3,6-7,11-12H,2,4-5,8-9,18H2,1H3. The molecule has 1 unspecified atom stereocenters. The molecule has 0 saturated heterocycles. The number of nitrogens with zero attached hydrogens (tertiary/aromatic N) is 1.